The first-order valence-electron chi connectivity index (χ1n) is 15.8. The predicted molar refractivity (Wildman–Crippen MR) is 149 cm³/mol. The maximum atomic E-state index is 14.3. The number of carbonyl (C=O) groups is 4. The van der Waals surface area contributed by atoms with E-state index in [2.05, 4.69) is 24.3 Å². The summed E-state index contributed by atoms with van der Waals surface area (Å²) < 4.78 is 0. The van der Waals surface area contributed by atoms with E-state index in [9.17, 15) is 19.2 Å². The van der Waals surface area contributed by atoms with Gasteiger partial charge in [0.05, 0.1) is 23.7 Å². The van der Waals surface area contributed by atoms with Gasteiger partial charge in [-0.25, -0.2) is 0 Å². The van der Waals surface area contributed by atoms with Gasteiger partial charge >= 0.3 is 0 Å². The Labute approximate surface area is 235 Å². The lowest BCUT2D eigenvalue weighted by Crippen LogP contribution is -2.51. The van der Waals surface area contributed by atoms with Crippen LogP contribution in [0.1, 0.15) is 76.2 Å². The monoisotopic (exact) mass is 538 g/mol. The van der Waals surface area contributed by atoms with Crippen LogP contribution < -0.4 is 0 Å². The highest BCUT2D eigenvalue weighted by molar-refractivity contribution is 6.09. The highest BCUT2D eigenvalue weighted by Crippen LogP contribution is 2.63. The number of fused-ring (bicyclic) bond motifs is 1. The van der Waals surface area contributed by atoms with Crippen molar-refractivity contribution >= 4 is 29.2 Å². The van der Waals surface area contributed by atoms with Crippen LogP contribution in [0.5, 0.6) is 0 Å². The number of hydrogen-bond donors (Lipinski definition) is 0. The molecule has 1 aromatic carbocycles. The SMILES string of the molecule is O=C1[C@H]2[C@@H]3C=C[C@H](C4=C(c5ccccc5)C[C@H]5C(=O)N(C6CCCCC6)C(=O)[C@H]5[C@H]43)[C@H]2C(=O)N1C1CCCCC1. The van der Waals surface area contributed by atoms with Crippen molar-refractivity contribution in [2.24, 2.45) is 41.4 Å². The van der Waals surface area contributed by atoms with Crippen LogP contribution in [0.2, 0.25) is 0 Å². The average molecular weight is 539 g/mol. The fourth-order valence-corrected chi connectivity index (χ4v) is 9.96. The van der Waals surface area contributed by atoms with Gasteiger partial charge in [0.15, 0.2) is 0 Å². The van der Waals surface area contributed by atoms with Crippen molar-refractivity contribution in [1.29, 1.82) is 0 Å². The van der Waals surface area contributed by atoms with Crippen LogP contribution in [0.4, 0.5) is 0 Å². The van der Waals surface area contributed by atoms with E-state index in [0.717, 1.165) is 68.9 Å². The molecule has 208 valence electrons. The van der Waals surface area contributed by atoms with Crippen LogP contribution in [-0.2, 0) is 19.2 Å². The number of imide groups is 2. The summed E-state index contributed by atoms with van der Waals surface area (Å²) in [6.07, 6.45) is 15.0. The van der Waals surface area contributed by atoms with E-state index in [1.807, 2.05) is 18.2 Å². The normalized spacial score (nSPS) is 37.9. The standard InChI is InChI=1S/C34H38N2O4/c37-31-25-18-24(19-10-4-1-5-11-19)26-22-16-17-23(27(26)30(25)34(40)35(31)20-12-6-2-7-13-20)29-28(22)32(38)36(33(29)39)21-14-8-3-9-15-21/h1,4-5,10-11,16-17,20-23,25,27-30H,2-3,6-9,12-15,18H2/t22-,23-,25-,27+,28-,29+,30-/m1/s1. The first-order valence-corrected chi connectivity index (χ1v) is 15.8. The molecular weight excluding hydrogens is 500 g/mol. The molecule has 2 saturated heterocycles. The summed E-state index contributed by atoms with van der Waals surface area (Å²) in [5.41, 5.74) is 3.38. The molecule has 2 heterocycles. The molecule has 0 N–H and O–H groups in total. The largest absolute Gasteiger partial charge is 0.279 e. The smallest absolute Gasteiger partial charge is 0.234 e. The van der Waals surface area contributed by atoms with Crippen LogP contribution in [0.15, 0.2) is 48.1 Å². The Morgan fingerprint density at radius 2 is 1.15 bits per heavy atom. The third-order valence-corrected chi connectivity index (χ3v) is 11.6. The molecule has 8 aliphatic rings. The number of allylic oxidation sites excluding steroid dienone is 4. The van der Waals surface area contributed by atoms with Gasteiger partial charge in [-0.15, -0.1) is 0 Å². The molecule has 3 saturated carbocycles. The zero-order valence-corrected chi connectivity index (χ0v) is 23.0. The van der Waals surface area contributed by atoms with E-state index in [-0.39, 0.29) is 65.3 Å². The molecule has 6 aliphatic carbocycles. The summed E-state index contributed by atoms with van der Waals surface area (Å²) >= 11 is 0. The molecule has 0 aromatic heterocycles. The minimum atomic E-state index is -0.429. The fourth-order valence-electron chi connectivity index (χ4n) is 9.96. The second kappa shape index (κ2) is 9.25. The summed E-state index contributed by atoms with van der Waals surface area (Å²) in [6.45, 7) is 0. The lowest BCUT2D eigenvalue weighted by Gasteiger charge is -2.51. The highest BCUT2D eigenvalue weighted by atomic mass is 16.2. The van der Waals surface area contributed by atoms with Crippen molar-refractivity contribution in [1.82, 2.24) is 9.80 Å². The van der Waals surface area contributed by atoms with Gasteiger partial charge < -0.3 is 0 Å². The Morgan fingerprint density at radius 3 is 1.80 bits per heavy atom. The molecule has 6 heteroatoms. The molecule has 1 aromatic rings. The van der Waals surface area contributed by atoms with Crippen molar-refractivity contribution in [2.45, 2.75) is 82.7 Å². The zero-order chi connectivity index (χ0) is 27.1. The topological polar surface area (TPSA) is 74.8 Å². The molecule has 0 spiro atoms. The van der Waals surface area contributed by atoms with Crippen LogP contribution in [0.25, 0.3) is 5.57 Å². The number of amides is 4. The Hall–Kier alpha value is -3.02. The minimum absolute atomic E-state index is 0.000563. The summed E-state index contributed by atoms with van der Waals surface area (Å²) in [6, 6.07) is 10.2. The van der Waals surface area contributed by atoms with Gasteiger partial charge in [-0.05, 0) is 49.2 Å². The maximum absolute atomic E-state index is 14.3. The van der Waals surface area contributed by atoms with Crippen molar-refractivity contribution in [3.05, 3.63) is 53.6 Å². The Kier molecular flexibility index (Phi) is 5.72. The number of nitrogens with zero attached hydrogens (tertiary/aromatic N) is 2. The maximum Gasteiger partial charge on any atom is 0.234 e. The van der Waals surface area contributed by atoms with Crippen molar-refractivity contribution in [2.75, 3.05) is 0 Å². The third kappa shape index (κ3) is 3.34. The van der Waals surface area contributed by atoms with Crippen molar-refractivity contribution < 1.29 is 19.2 Å². The second-order valence-electron chi connectivity index (χ2n) is 13.4. The molecule has 4 amide bonds. The van der Waals surface area contributed by atoms with Crippen molar-refractivity contribution in [3.8, 4) is 0 Å². The molecule has 7 atom stereocenters. The van der Waals surface area contributed by atoms with E-state index in [0.29, 0.717) is 6.42 Å². The molecular formula is C34H38N2O4. The van der Waals surface area contributed by atoms with E-state index >= 15 is 0 Å². The van der Waals surface area contributed by atoms with E-state index in [1.54, 1.807) is 9.80 Å². The summed E-state index contributed by atoms with van der Waals surface area (Å²) in [5.74, 6) is -2.26. The summed E-state index contributed by atoms with van der Waals surface area (Å²) in [7, 11) is 0. The minimum Gasteiger partial charge on any atom is -0.279 e. The molecule has 5 fully saturated rings. The highest BCUT2D eigenvalue weighted by Gasteiger charge is 2.67. The fraction of sp³-hybridized carbons (Fsp3) is 0.588. The first kappa shape index (κ1) is 24.8. The van der Waals surface area contributed by atoms with Gasteiger partial charge in [0.25, 0.3) is 0 Å². The number of benzene rings is 1. The number of rotatable bonds is 3. The second-order valence-corrected chi connectivity index (χ2v) is 13.4. The van der Waals surface area contributed by atoms with E-state index < -0.39 is 11.8 Å². The lowest BCUT2D eigenvalue weighted by molar-refractivity contribution is -0.145. The van der Waals surface area contributed by atoms with Gasteiger partial charge in [-0.3, -0.25) is 29.0 Å². The molecule has 0 unspecified atom stereocenters. The van der Waals surface area contributed by atoms with Crippen molar-refractivity contribution in [3.63, 3.8) is 0 Å². The zero-order valence-electron chi connectivity index (χ0n) is 23.0. The first-order chi connectivity index (χ1) is 19.6. The van der Waals surface area contributed by atoms with Crippen LogP contribution in [0.3, 0.4) is 0 Å². The van der Waals surface area contributed by atoms with Gasteiger partial charge in [0.2, 0.25) is 23.6 Å². The average Bonchev–Trinajstić information content (AvgIpc) is 3.43. The number of hydrogen-bond acceptors (Lipinski definition) is 4. The number of carbonyl (C=O) groups excluding carboxylic acids is 4. The molecule has 0 radical (unpaired) electrons. The summed E-state index contributed by atoms with van der Waals surface area (Å²) in [4.78, 5) is 59.8. The van der Waals surface area contributed by atoms with Gasteiger partial charge in [0.1, 0.15) is 0 Å². The quantitative estimate of drug-likeness (QED) is 0.394. The Balaban J connectivity index is 1.24. The van der Waals surface area contributed by atoms with Gasteiger partial charge in [-0.1, -0.05) is 86.6 Å². The van der Waals surface area contributed by atoms with Crippen LogP contribution in [-0.4, -0.2) is 45.5 Å². The van der Waals surface area contributed by atoms with E-state index in [4.69, 9.17) is 0 Å². The van der Waals surface area contributed by atoms with Crippen LogP contribution in [0, 0.1) is 41.4 Å². The molecule has 2 bridgehead atoms. The third-order valence-electron chi connectivity index (χ3n) is 11.6. The Morgan fingerprint density at radius 1 is 0.575 bits per heavy atom. The van der Waals surface area contributed by atoms with Crippen LogP contribution >= 0.6 is 0 Å². The number of likely N-dealkylation sites (tertiary alicyclic amines) is 2. The predicted octanol–water partition coefficient (Wildman–Crippen LogP) is 5.14. The van der Waals surface area contributed by atoms with E-state index in [1.165, 1.54) is 12.0 Å². The summed E-state index contributed by atoms with van der Waals surface area (Å²) in [5, 5.41) is 0. The Bertz CT molecular complexity index is 1330. The molecule has 9 rings (SSSR count). The molecule has 40 heavy (non-hydrogen) atoms. The van der Waals surface area contributed by atoms with Gasteiger partial charge in [0, 0.05) is 23.9 Å². The molecule has 2 aliphatic heterocycles. The van der Waals surface area contributed by atoms with Gasteiger partial charge in [-0.2, -0.15) is 0 Å². The molecule has 6 nitrogen and oxygen atoms in total. The lowest BCUT2D eigenvalue weighted by atomic mass is 9.49.